The molecule has 2 aromatic rings. The predicted octanol–water partition coefficient (Wildman–Crippen LogP) is 2.44. The predicted molar refractivity (Wildman–Crippen MR) is 80.3 cm³/mol. The van der Waals surface area contributed by atoms with E-state index in [0.29, 0.717) is 13.0 Å². The molecule has 0 spiro atoms. The summed E-state index contributed by atoms with van der Waals surface area (Å²) in [5.74, 6) is -0.469. The molecule has 5 nitrogen and oxygen atoms in total. The van der Waals surface area contributed by atoms with Crippen molar-refractivity contribution in [2.75, 3.05) is 11.4 Å². The Balaban J connectivity index is 1.79. The van der Waals surface area contributed by atoms with E-state index in [4.69, 9.17) is 4.74 Å². The fourth-order valence-corrected chi connectivity index (χ4v) is 2.61. The molecule has 116 valence electrons. The van der Waals surface area contributed by atoms with Gasteiger partial charge in [-0.05, 0) is 37.5 Å². The molecule has 3 rings (SSSR count). The maximum Gasteiger partial charge on any atom is 0.268 e. The summed E-state index contributed by atoms with van der Waals surface area (Å²) in [4.78, 5) is 14.2. The Morgan fingerprint density at radius 2 is 2.23 bits per heavy atom. The van der Waals surface area contributed by atoms with Crippen LogP contribution in [0.15, 0.2) is 30.6 Å². The van der Waals surface area contributed by atoms with Crippen LogP contribution < -0.4 is 9.64 Å². The second-order valence-electron chi connectivity index (χ2n) is 5.54. The van der Waals surface area contributed by atoms with Gasteiger partial charge in [-0.15, -0.1) is 0 Å². The molecule has 0 N–H and O–H groups in total. The molecule has 0 radical (unpaired) electrons. The summed E-state index contributed by atoms with van der Waals surface area (Å²) >= 11 is 0. The van der Waals surface area contributed by atoms with E-state index in [2.05, 4.69) is 5.10 Å². The summed E-state index contributed by atoms with van der Waals surface area (Å²) in [6, 6.07) is 4.65. The van der Waals surface area contributed by atoms with Gasteiger partial charge >= 0.3 is 0 Å². The quantitative estimate of drug-likeness (QED) is 0.875. The third-order valence-electron chi connectivity index (χ3n) is 3.75. The lowest BCUT2D eigenvalue weighted by Gasteiger charge is -2.31. The molecular formula is C16H18FN3O2. The largest absolute Gasteiger partial charge is 0.477 e. The summed E-state index contributed by atoms with van der Waals surface area (Å²) in [6.07, 6.45) is 4.16. The molecule has 2 heterocycles. The van der Waals surface area contributed by atoms with Crippen LogP contribution >= 0.6 is 0 Å². The van der Waals surface area contributed by atoms with Crippen LogP contribution in [0.4, 0.5) is 10.1 Å². The van der Waals surface area contributed by atoms with Gasteiger partial charge in [-0.25, -0.2) is 4.39 Å². The van der Waals surface area contributed by atoms with Crippen LogP contribution in [-0.2, 0) is 11.8 Å². The maximum atomic E-state index is 13.8. The molecule has 1 aliphatic heterocycles. The van der Waals surface area contributed by atoms with E-state index in [-0.39, 0.29) is 11.7 Å². The van der Waals surface area contributed by atoms with E-state index in [1.165, 1.54) is 6.07 Å². The van der Waals surface area contributed by atoms with Gasteiger partial charge in [0.15, 0.2) is 17.7 Å². The fourth-order valence-electron chi connectivity index (χ4n) is 2.61. The SMILES string of the molecule is Cc1ccc(F)c(O[C@H]2CCCN(c3cnn(C)c3)C2=O)c1. The highest BCUT2D eigenvalue weighted by Gasteiger charge is 2.32. The lowest BCUT2D eigenvalue weighted by molar-refractivity contribution is -0.127. The van der Waals surface area contributed by atoms with Crippen molar-refractivity contribution in [2.45, 2.75) is 25.9 Å². The standard InChI is InChI=1S/C16H18FN3O2/c1-11-5-6-13(17)15(8-11)22-14-4-3-7-20(16(14)21)12-9-18-19(2)10-12/h5-6,8-10,14H,3-4,7H2,1-2H3/t14-/m0/s1. The van der Waals surface area contributed by atoms with E-state index in [1.807, 2.05) is 6.92 Å². The number of hydrogen-bond acceptors (Lipinski definition) is 3. The molecule has 0 aliphatic carbocycles. The molecule has 0 bridgehead atoms. The van der Waals surface area contributed by atoms with Crippen molar-refractivity contribution < 1.29 is 13.9 Å². The Morgan fingerprint density at radius 1 is 1.41 bits per heavy atom. The number of benzene rings is 1. The van der Waals surface area contributed by atoms with E-state index >= 15 is 0 Å². The number of piperidine rings is 1. The van der Waals surface area contributed by atoms with Gasteiger partial charge in [0, 0.05) is 19.8 Å². The first-order valence-corrected chi connectivity index (χ1v) is 7.27. The number of rotatable bonds is 3. The summed E-state index contributed by atoms with van der Waals surface area (Å²) in [5.41, 5.74) is 1.63. The molecule has 1 aromatic carbocycles. The fraction of sp³-hybridized carbons (Fsp3) is 0.375. The zero-order valence-corrected chi connectivity index (χ0v) is 12.6. The number of nitrogens with zero attached hydrogens (tertiary/aromatic N) is 3. The second-order valence-corrected chi connectivity index (χ2v) is 5.54. The van der Waals surface area contributed by atoms with Crippen LogP contribution in [-0.4, -0.2) is 28.3 Å². The molecule has 22 heavy (non-hydrogen) atoms. The highest BCUT2D eigenvalue weighted by atomic mass is 19.1. The average molecular weight is 303 g/mol. The molecule has 1 saturated heterocycles. The summed E-state index contributed by atoms with van der Waals surface area (Å²) < 4.78 is 21.1. The minimum absolute atomic E-state index is 0.131. The van der Waals surface area contributed by atoms with Gasteiger partial charge in [0.2, 0.25) is 0 Å². The van der Waals surface area contributed by atoms with Gasteiger partial charge in [0.1, 0.15) is 0 Å². The molecule has 1 fully saturated rings. The van der Waals surface area contributed by atoms with Gasteiger partial charge in [-0.1, -0.05) is 6.07 Å². The highest BCUT2D eigenvalue weighted by Crippen LogP contribution is 2.26. The zero-order chi connectivity index (χ0) is 15.7. The van der Waals surface area contributed by atoms with Crippen molar-refractivity contribution in [3.05, 3.63) is 42.0 Å². The van der Waals surface area contributed by atoms with Crippen molar-refractivity contribution in [1.82, 2.24) is 9.78 Å². The minimum atomic E-state index is -0.662. The van der Waals surface area contributed by atoms with Crippen molar-refractivity contribution >= 4 is 11.6 Å². The maximum absolute atomic E-state index is 13.8. The number of aromatic nitrogens is 2. The second kappa shape index (κ2) is 5.79. The van der Waals surface area contributed by atoms with Crippen LogP contribution in [0.5, 0.6) is 5.75 Å². The Kier molecular flexibility index (Phi) is 3.83. The normalized spacial score (nSPS) is 18.6. The van der Waals surface area contributed by atoms with Crippen LogP contribution in [0.3, 0.4) is 0 Å². The van der Waals surface area contributed by atoms with E-state index < -0.39 is 11.9 Å². The average Bonchev–Trinajstić information content (AvgIpc) is 2.91. The lowest BCUT2D eigenvalue weighted by Crippen LogP contribution is -2.46. The highest BCUT2D eigenvalue weighted by molar-refractivity contribution is 5.97. The molecule has 1 atom stereocenters. The first kappa shape index (κ1) is 14.6. The van der Waals surface area contributed by atoms with Gasteiger partial charge in [0.25, 0.3) is 5.91 Å². The number of halogens is 1. The molecule has 0 saturated carbocycles. The number of ether oxygens (including phenoxy) is 1. The molecule has 0 unspecified atom stereocenters. The first-order chi connectivity index (χ1) is 10.5. The number of carbonyl (C=O) groups excluding carboxylic acids is 1. The van der Waals surface area contributed by atoms with Gasteiger partial charge in [-0.3, -0.25) is 9.48 Å². The Bertz CT molecular complexity index is 698. The minimum Gasteiger partial charge on any atom is -0.477 e. The Labute approximate surface area is 128 Å². The van der Waals surface area contributed by atoms with E-state index in [9.17, 15) is 9.18 Å². The third-order valence-corrected chi connectivity index (χ3v) is 3.75. The van der Waals surface area contributed by atoms with Crippen molar-refractivity contribution in [3.8, 4) is 5.75 Å². The van der Waals surface area contributed by atoms with Crippen molar-refractivity contribution in [3.63, 3.8) is 0 Å². The molecule has 1 aliphatic rings. The molecule has 1 aromatic heterocycles. The third kappa shape index (κ3) is 2.81. The van der Waals surface area contributed by atoms with Crippen LogP contribution in [0.25, 0.3) is 0 Å². The lowest BCUT2D eigenvalue weighted by atomic mass is 10.1. The van der Waals surface area contributed by atoms with Crippen molar-refractivity contribution in [2.24, 2.45) is 7.05 Å². The molecule has 6 heteroatoms. The first-order valence-electron chi connectivity index (χ1n) is 7.27. The van der Waals surface area contributed by atoms with Gasteiger partial charge in [-0.2, -0.15) is 5.10 Å². The van der Waals surface area contributed by atoms with Crippen LogP contribution in [0, 0.1) is 12.7 Å². The van der Waals surface area contributed by atoms with E-state index in [0.717, 1.165) is 17.7 Å². The van der Waals surface area contributed by atoms with E-state index in [1.54, 1.807) is 41.2 Å². The van der Waals surface area contributed by atoms with Crippen LogP contribution in [0.2, 0.25) is 0 Å². The number of amides is 1. The number of anilines is 1. The Morgan fingerprint density at radius 3 is 2.95 bits per heavy atom. The molecular weight excluding hydrogens is 285 g/mol. The number of carbonyl (C=O) groups is 1. The monoisotopic (exact) mass is 303 g/mol. The summed E-state index contributed by atoms with van der Waals surface area (Å²) in [7, 11) is 1.80. The number of aryl methyl sites for hydroxylation is 2. The topological polar surface area (TPSA) is 47.4 Å². The van der Waals surface area contributed by atoms with Gasteiger partial charge < -0.3 is 9.64 Å². The van der Waals surface area contributed by atoms with Crippen molar-refractivity contribution in [1.29, 1.82) is 0 Å². The summed E-state index contributed by atoms with van der Waals surface area (Å²) in [6.45, 7) is 2.48. The smallest absolute Gasteiger partial charge is 0.268 e. The van der Waals surface area contributed by atoms with Crippen LogP contribution in [0.1, 0.15) is 18.4 Å². The van der Waals surface area contributed by atoms with Gasteiger partial charge in [0.05, 0.1) is 11.9 Å². The number of hydrogen-bond donors (Lipinski definition) is 0. The zero-order valence-electron chi connectivity index (χ0n) is 12.6. The Hall–Kier alpha value is -2.37. The summed E-state index contributed by atoms with van der Waals surface area (Å²) in [5, 5.41) is 4.08. The molecule has 1 amide bonds.